The van der Waals surface area contributed by atoms with Gasteiger partial charge in [-0.2, -0.15) is 0 Å². The molecule has 0 saturated heterocycles. The third kappa shape index (κ3) is 1.44. The molecular formula is C11H8BrNO3. The number of ether oxygens (including phenoxy) is 1. The van der Waals surface area contributed by atoms with E-state index < -0.39 is 0 Å². The van der Waals surface area contributed by atoms with E-state index >= 15 is 0 Å². The maximum Gasteiger partial charge on any atom is 0.210 e. The number of hydrogen-bond acceptors (Lipinski definition) is 4. The van der Waals surface area contributed by atoms with Crippen molar-refractivity contribution in [3.05, 3.63) is 39.5 Å². The molecule has 0 unspecified atom stereocenters. The zero-order chi connectivity index (χ0) is 11.9. The first kappa shape index (κ1) is 10.9. The molecule has 1 aliphatic carbocycles. The van der Waals surface area contributed by atoms with E-state index in [1.807, 2.05) is 0 Å². The van der Waals surface area contributed by atoms with Crippen LogP contribution in [0.4, 0.5) is 0 Å². The van der Waals surface area contributed by atoms with Gasteiger partial charge < -0.3 is 10.5 Å². The minimum atomic E-state index is -0.361. The third-order valence-corrected chi connectivity index (χ3v) is 3.18. The molecule has 1 aromatic carbocycles. The Morgan fingerprint density at radius 2 is 1.88 bits per heavy atom. The van der Waals surface area contributed by atoms with Crippen molar-refractivity contribution in [2.24, 2.45) is 5.73 Å². The minimum Gasteiger partial charge on any atom is -0.497 e. The van der Waals surface area contributed by atoms with Gasteiger partial charge in [0.2, 0.25) is 11.6 Å². The molecule has 0 radical (unpaired) electrons. The number of rotatable bonds is 1. The number of carbonyl (C=O) groups excluding carboxylic acids is 2. The fourth-order valence-corrected chi connectivity index (χ4v) is 1.92. The lowest BCUT2D eigenvalue weighted by molar-refractivity contribution is 0.0980. The predicted octanol–water partition coefficient (Wildman–Crippen LogP) is 1.64. The summed E-state index contributed by atoms with van der Waals surface area (Å²) in [6.07, 6.45) is 0. The number of benzene rings is 1. The number of allylic oxidation sites excluding steroid dienone is 2. The van der Waals surface area contributed by atoms with Crippen LogP contribution in [0.3, 0.4) is 0 Å². The third-order valence-electron chi connectivity index (χ3n) is 2.40. The Balaban J connectivity index is 2.67. The van der Waals surface area contributed by atoms with E-state index in [9.17, 15) is 9.59 Å². The van der Waals surface area contributed by atoms with Crippen molar-refractivity contribution in [1.82, 2.24) is 0 Å². The number of Topliss-reactive ketones (excluding diaryl/α,β-unsaturated/α-hetero) is 2. The molecule has 0 heterocycles. The number of ketones is 2. The molecule has 2 N–H and O–H groups in total. The van der Waals surface area contributed by atoms with Crippen LogP contribution in [-0.2, 0) is 0 Å². The molecular weight excluding hydrogens is 274 g/mol. The van der Waals surface area contributed by atoms with Crippen LogP contribution < -0.4 is 10.5 Å². The van der Waals surface area contributed by atoms with Gasteiger partial charge in [0.1, 0.15) is 5.75 Å². The van der Waals surface area contributed by atoms with E-state index in [4.69, 9.17) is 10.5 Å². The van der Waals surface area contributed by atoms with Crippen molar-refractivity contribution in [1.29, 1.82) is 0 Å². The van der Waals surface area contributed by atoms with Gasteiger partial charge in [0.05, 0.1) is 17.3 Å². The highest BCUT2D eigenvalue weighted by Gasteiger charge is 2.29. The number of carbonyl (C=O) groups is 2. The largest absolute Gasteiger partial charge is 0.497 e. The molecule has 1 aliphatic rings. The quantitative estimate of drug-likeness (QED) is 0.850. The van der Waals surface area contributed by atoms with Crippen molar-refractivity contribution < 1.29 is 14.3 Å². The summed E-state index contributed by atoms with van der Waals surface area (Å²) in [7, 11) is 1.49. The van der Waals surface area contributed by atoms with Crippen LogP contribution in [0.2, 0.25) is 0 Å². The maximum atomic E-state index is 11.8. The molecule has 0 bridgehead atoms. The Labute approximate surface area is 100 Å². The second kappa shape index (κ2) is 3.75. The predicted molar refractivity (Wildman–Crippen MR) is 61.8 cm³/mol. The molecule has 16 heavy (non-hydrogen) atoms. The number of nitrogens with two attached hydrogens (primary N) is 1. The van der Waals surface area contributed by atoms with E-state index in [2.05, 4.69) is 15.9 Å². The smallest absolute Gasteiger partial charge is 0.210 e. The molecule has 0 amide bonds. The first-order valence-corrected chi connectivity index (χ1v) is 5.28. The van der Waals surface area contributed by atoms with Gasteiger partial charge >= 0.3 is 0 Å². The summed E-state index contributed by atoms with van der Waals surface area (Å²) < 4.78 is 5.11. The summed E-state index contributed by atoms with van der Waals surface area (Å²) in [6.45, 7) is 0. The summed E-state index contributed by atoms with van der Waals surface area (Å²) in [4.78, 5) is 23.6. The van der Waals surface area contributed by atoms with Crippen molar-refractivity contribution in [3.8, 4) is 5.75 Å². The molecule has 0 atom stereocenters. The molecule has 0 aromatic heterocycles. The van der Waals surface area contributed by atoms with Crippen LogP contribution in [0.15, 0.2) is 28.4 Å². The second-order valence-corrected chi connectivity index (χ2v) is 4.09. The number of hydrogen-bond donors (Lipinski definition) is 1. The highest BCUT2D eigenvalue weighted by atomic mass is 79.9. The van der Waals surface area contributed by atoms with Gasteiger partial charge in [-0.15, -0.1) is 0 Å². The highest BCUT2D eigenvalue weighted by molar-refractivity contribution is 9.12. The van der Waals surface area contributed by atoms with Crippen LogP contribution in [0.1, 0.15) is 20.7 Å². The lowest BCUT2D eigenvalue weighted by Crippen LogP contribution is -2.24. The molecule has 0 saturated carbocycles. The van der Waals surface area contributed by atoms with E-state index in [0.29, 0.717) is 11.3 Å². The molecule has 0 spiro atoms. The molecule has 0 aliphatic heterocycles. The van der Waals surface area contributed by atoms with Crippen LogP contribution in [0.5, 0.6) is 5.75 Å². The van der Waals surface area contributed by atoms with E-state index in [1.54, 1.807) is 12.1 Å². The van der Waals surface area contributed by atoms with Crippen LogP contribution in [-0.4, -0.2) is 18.7 Å². The SMILES string of the molecule is COc1ccc2c(c1)C(=O)C(N)=C(Br)C2=O. The van der Waals surface area contributed by atoms with Crippen molar-refractivity contribution in [3.63, 3.8) is 0 Å². The van der Waals surface area contributed by atoms with Gasteiger partial charge in [-0.05, 0) is 34.1 Å². The Hall–Kier alpha value is -1.62. The van der Waals surface area contributed by atoms with Crippen LogP contribution >= 0.6 is 15.9 Å². The number of fused-ring (bicyclic) bond motifs is 1. The fourth-order valence-electron chi connectivity index (χ4n) is 1.52. The van der Waals surface area contributed by atoms with Crippen molar-refractivity contribution >= 4 is 27.5 Å². The lowest BCUT2D eigenvalue weighted by atomic mass is 9.93. The van der Waals surface area contributed by atoms with Gasteiger partial charge in [0.15, 0.2) is 0 Å². The van der Waals surface area contributed by atoms with E-state index in [1.165, 1.54) is 13.2 Å². The molecule has 1 aromatic rings. The normalized spacial score (nSPS) is 15.1. The van der Waals surface area contributed by atoms with Gasteiger partial charge in [-0.3, -0.25) is 9.59 Å². The Bertz CT molecular complexity index is 534. The molecule has 0 fully saturated rings. The monoisotopic (exact) mass is 281 g/mol. The summed E-state index contributed by atoms with van der Waals surface area (Å²) in [5, 5.41) is 0. The van der Waals surface area contributed by atoms with E-state index in [0.717, 1.165) is 0 Å². The number of methoxy groups -OCH3 is 1. The standard InChI is InChI=1S/C11H8BrNO3/c1-16-5-2-3-6-7(4-5)11(15)9(13)8(12)10(6)14/h2-4H,13H2,1H3. The molecule has 82 valence electrons. The summed E-state index contributed by atoms with van der Waals surface area (Å²) >= 11 is 3.02. The Morgan fingerprint density at radius 3 is 2.50 bits per heavy atom. The Morgan fingerprint density at radius 1 is 1.19 bits per heavy atom. The topological polar surface area (TPSA) is 69.4 Å². The Kier molecular flexibility index (Phi) is 2.55. The van der Waals surface area contributed by atoms with Gasteiger partial charge in [0.25, 0.3) is 0 Å². The maximum absolute atomic E-state index is 11.8. The van der Waals surface area contributed by atoms with Crippen molar-refractivity contribution in [2.45, 2.75) is 0 Å². The lowest BCUT2D eigenvalue weighted by Gasteiger charge is -2.15. The van der Waals surface area contributed by atoms with E-state index in [-0.39, 0.29) is 27.3 Å². The average Bonchev–Trinajstić information content (AvgIpc) is 2.33. The first-order chi connectivity index (χ1) is 7.56. The molecule has 2 rings (SSSR count). The first-order valence-electron chi connectivity index (χ1n) is 4.49. The summed E-state index contributed by atoms with van der Waals surface area (Å²) in [5.74, 6) is -0.124. The van der Waals surface area contributed by atoms with Crippen molar-refractivity contribution in [2.75, 3.05) is 7.11 Å². The van der Waals surface area contributed by atoms with Gasteiger partial charge in [0, 0.05) is 11.1 Å². The molecule has 5 heteroatoms. The minimum absolute atomic E-state index is 0.0641. The average molecular weight is 282 g/mol. The van der Waals surface area contributed by atoms with Gasteiger partial charge in [-0.1, -0.05) is 0 Å². The van der Waals surface area contributed by atoms with Gasteiger partial charge in [-0.25, -0.2) is 0 Å². The summed E-state index contributed by atoms with van der Waals surface area (Å²) in [5.41, 5.74) is 6.10. The zero-order valence-corrected chi connectivity index (χ0v) is 10.00. The zero-order valence-electron chi connectivity index (χ0n) is 8.41. The fraction of sp³-hybridized carbons (Fsp3) is 0.0909. The second-order valence-electron chi connectivity index (χ2n) is 3.30. The number of halogens is 1. The highest BCUT2D eigenvalue weighted by Crippen LogP contribution is 2.29. The van der Waals surface area contributed by atoms with Crippen LogP contribution in [0.25, 0.3) is 0 Å². The molecule has 4 nitrogen and oxygen atoms in total. The van der Waals surface area contributed by atoms with Crippen LogP contribution in [0, 0.1) is 0 Å². The summed E-state index contributed by atoms with van der Waals surface area (Å²) in [6, 6.07) is 4.70.